The van der Waals surface area contributed by atoms with Gasteiger partial charge in [0.25, 0.3) is 6.20 Å². The van der Waals surface area contributed by atoms with E-state index in [0.29, 0.717) is 38.4 Å². The topological polar surface area (TPSA) is 104 Å². The van der Waals surface area contributed by atoms with E-state index in [-0.39, 0.29) is 30.7 Å². The number of halogens is 2. The molecular weight excluding hydrogens is 465 g/mol. The van der Waals surface area contributed by atoms with Gasteiger partial charge in [-0.2, -0.15) is 11.8 Å². The smallest absolute Gasteiger partial charge is 0.274 e. The van der Waals surface area contributed by atoms with E-state index in [1.807, 2.05) is 45.0 Å². The zero-order valence-electron chi connectivity index (χ0n) is 18.6. The number of carbonyl (C=O) groups is 1. The molecule has 0 unspecified atom stereocenters. The van der Waals surface area contributed by atoms with Gasteiger partial charge in [0.15, 0.2) is 5.82 Å². The van der Waals surface area contributed by atoms with E-state index in [9.17, 15) is 14.9 Å². The highest BCUT2D eigenvalue weighted by Crippen LogP contribution is 2.16. The van der Waals surface area contributed by atoms with Crippen molar-refractivity contribution in [2.75, 3.05) is 46.0 Å². The first kappa shape index (κ1) is 31.6. The van der Waals surface area contributed by atoms with Gasteiger partial charge in [0, 0.05) is 38.4 Å². The van der Waals surface area contributed by atoms with E-state index >= 15 is 0 Å². The molecule has 0 radical (unpaired) electrons. The fraction of sp³-hybridized carbons (Fsp3) is 0.632. The molecule has 1 rings (SSSR count). The Morgan fingerprint density at radius 1 is 1.16 bits per heavy atom. The molecule has 31 heavy (non-hydrogen) atoms. The Morgan fingerprint density at radius 2 is 1.77 bits per heavy atom. The molecule has 180 valence electrons. The average molecular weight is 500 g/mol. The van der Waals surface area contributed by atoms with Crippen LogP contribution in [0.1, 0.15) is 31.8 Å². The van der Waals surface area contributed by atoms with Crippen LogP contribution < -0.4 is 10.6 Å². The van der Waals surface area contributed by atoms with Gasteiger partial charge in [-0.25, -0.2) is 0 Å². The molecule has 0 spiro atoms. The van der Waals surface area contributed by atoms with Gasteiger partial charge in [-0.05, 0) is 40.1 Å². The predicted octanol–water partition coefficient (Wildman–Crippen LogP) is 2.93. The molecule has 0 aromatic carbocycles. The quantitative estimate of drug-likeness (QED) is 0.215. The second kappa shape index (κ2) is 18.0. The molecule has 1 aromatic rings. The van der Waals surface area contributed by atoms with E-state index in [1.165, 1.54) is 0 Å². The maximum absolute atomic E-state index is 12.0. The van der Waals surface area contributed by atoms with Crippen LogP contribution in [0.15, 0.2) is 28.6 Å². The van der Waals surface area contributed by atoms with Crippen molar-refractivity contribution >= 4 is 42.5 Å². The first-order valence-corrected chi connectivity index (χ1v) is 10.9. The number of carbonyl (C=O) groups excluding carboxylic acids is 1. The second-order valence-electron chi connectivity index (χ2n) is 6.66. The summed E-state index contributed by atoms with van der Waals surface area (Å²) < 4.78 is 5.76. The molecule has 0 saturated heterocycles. The molecule has 0 bridgehead atoms. The maximum atomic E-state index is 12.0. The molecule has 12 heteroatoms. The molecule has 0 atom stereocenters. The average Bonchev–Trinajstić information content (AvgIpc) is 3.08. The first-order valence-electron chi connectivity index (χ1n) is 9.76. The summed E-state index contributed by atoms with van der Waals surface area (Å²) in [5, 5.41) is 16.8. The summed E-state index contributed by atoms with van der Waals surface area (Å²) in [5.41, 5.74) is 0. The number of hydrogen-bond acceptors (Lipinski definition) is 8. The van der Waals surface area contributed by atoms with Crippen LogP contribution in [0.2, 0.25) is 0 Å². The van der Waals surface area contributed by atoms with Gasteiger partial charge in [0.2, 0.25) is 5.91 Å². The molecule has 0 aliphatic rings. The molecule has 1 amide bonds. The maximum Gasteiger partial charge on any atom is 0.274 e. The van der Waals surface area contributed by atoms with E-state index < -0.39 is 4.92 Å². The lowest BCUT2D eigenvalue weighted by atomic mass is 10.3. The van der Waals surface area contributed by atoms with Gasteiger partial charge in [-0.15, -0.1) is 24.8 Å². The highest BCUT2D eigenvalue weighted by atomic mass is 35.5. The summed E-state index contributed by atoms with van der Waals surface area (Å²) in [5.74, 6) is 3.71. The number of furan rings is 1. The standard InChI is InChI=1S/C19H33N5O4S.2ClH/c1-5-23(6-2)19(25)9-10-20-18(14-24(26)27)21-11-12-29-15-17-8-7-16(28-17)13-22(3)4;;/h7-8,14,20-21H,5-6,9-13,15H2,1-4H3;2*1H/b18-14+;;. The molecule has 1 heterocycles. The Bertz CT molecular complexity index is 669. The highest BCUT2D eigenvalue weighted by molar-refractivity contribution is 7.98. The lowest BCUT2D eigenvalue weighted by Crippen LogP contribution is -2.35. The van der Waals surface area contributed by atoms with Crippen molar-refractivity contribution < 1.29 is 14.1 Å². The number of nitrogens with one attached hydrogen (secondary N) is 2. The summed E-state index contributed by atoms with van der Waals surface area (Å²) in [4.78, 5) is 26.1. The van der Waals surface area contributed by atoms with Crippen molar-refractivity contribution in [1.29, 1.82) is 0 Å². The van der Waals surface area contributed by atoms with Crippen molar-refractivity contribution in [1.82, 2.24) is 20.4 Å². The van der Waals surface area contributed by atoms with Crippen LogP contribution in [-0.2, 0) is 17.1 Å². The Kier molecular flexibility index (Phi) is 18.3. The molecule has 1 aromatic heterocycles. The lowest BCUT2D eigenvalue weighted by molar-refractivity contribution is -0.404. The minimum Gasteiger partial charge on any atom is -0.464 e. The van der Waals surface area contributed by atoms with Crippen molar-refractivity contribution in [3.63, 3.8) is 0 Å². The Balaban J connectivity index is 0. The van der Waals surface area contributed by atoms with Crippen molar-refractivity contribution in [3.8, 4) is 0 Å². The monoisotopic (exact) mass is 499 g/mol. The third kappa shape index (κ3) is 14.1. The molecule has 9 nitrogen and oxygen atoms in total. The van der Waals surface area contributed by atoms with Gasteiger partial charge in [0.05, 0.1) is 17.2 Å². The SMILES string of the molecule is CCN(CC)C(=O)CCN/C(=C\[N+](=O)[O-])NCCSCc1ccc(CN(C)C)o1.Cl.Cl. The third-order valence-electron chi connectivity index (χ3n) is 4.00. The zero-order chi connectivity index (χ0) is 21.6. The minimum atomic E-state index is -0.510. The molecular formula is C19H35Cl2N5O4S. The predicted molar refractivity (Wildman–Crippen MR) is 130 cm³/mol. The van der Waals surface area contributed by atoms with Crippen LogP contribution in [0.3, 0.4) is 0 Å². The Morgan fingerprint density at radius 3 is 2.35 bits per heavy atom. The van der Waals surface area contributed by atoms with Crippen molar-refractivity contribution in [3.05, 3.63) is 45.8 Å². The molecule has 2 N–H and O–H groups in total. The van der Waals surface area contributed by atoms with Gasteiger partial charge in [-0.1, -0.05) is 0 Å². The van der Waals surface area contributed by atoms with Crippen molar-refractivity contribution in [2.24, 2.45) is 0 Å². The van der Waals surface area contributed by atoms with Crippen LogP contribution in [-0.4, -0.2) is 66.7 Å². The van der Waals surface area contributed by atoms with Gasteiger partial charge in [0.1, 0.15) is 11.5 Å². The number of thioether (sulfide) groups is 1. The van der Waals surface area contributed by atoms with Crippen LogP contribution in [0.4, 0.5) is 0 Å². The Hall–Kier alpha value is -1.62. The number of amides is 1. The third-order valence-corrected chi connectivity index (χ3v) is 4.98. The van der Waals surface area contributed by atoms with E-state index in [0.717, 1.165) is 35.8 Å². The van der Waals surface area contributed by atoms with E-state index in [2.05, 4.69) is 10.6 Å². The minimum absolute atomic E-state index is 0. The highest BCUT2D eigenvalue weighted by Gasteiger charge is 2.10. The van der Waals surface area contributed by atoms with E-state index in [1.54, 1.807) is 16.7 Å². The van der Waals surface area contributed by atoms with Crippen LogP contribution in [0.5, 0.6) is 0 Å². The number of rotatable bonds is 15. The number of nitro groups is 1. The molecule has 0 fully saturated rings. The van der Waals surface area contributed by atoms with Crippen LogP contribution in [0, 0.1) is 10.1 Å². The summed E-state index contributed by atoms with van der Waals surface area (Å²) in [7, 11) is 3.98. The Labute approximate surface area is 201 Å². The summed E-state index contributed by atoms with van der Waals surface area (Å²) in [6.45, 7) is 6.85. The largest absolute Gasteiger partial charge is 0.464 e. The summed E-state index contributed by atoms with van der Waals surface area (Å²) >= 11 is 1.68. The first-order chi connectivity index (χ1) is 13.8. The fourth-order valence-electron chi connectivity index (χ4n) is 2.62. The number of hydrogen-bond donors (Lipinski definition) is 2. The second-order valence-corrected chi connectivity index (χ2v) is 7.76. The summed E-state index contributed by atoms with van der Waals surface area (Å²) in [6.07, 6.45) is 1.19. The lowest BCUT2D eigenvalue weighted by Gasteiger charge is -2.19. The van der Waals surface area contributed by atoms with Crippen LogP contribution in [0.25, 0.3) is 0 Å². The molecule has 0 saturated carbocycles. The molecule has 0 aliphatic heterocycles. The van der Waals surface area contributed by atoms with Crippen molar-refractivity contribution in [2.45, 2.75) is 32.6 Å². The van der Waals surface area contributed by atoms with Gasteiger partial charge < -0.3 is 24.9 Å². The van der Waals surface area contributed by atoms with E-state index in [4.69, 9.17) is 4.42 Å². The fourth-order valence-corrected chi connectivity index (χ4v) is 3.37. The van der Waals surface area contributed by atoms with Crippen LogP contribution >= 0.6 is 36.6 Å². The summed E-state index contributed by atoms with van der Waals surface area (Å²) in [6, 6.07) is 3.96. The zero-order valence-corrected chi connectivity index (χ0v) is 21.0. The van der Waals surface area contributed by atoms with Gasteiger partial charge in [-0.3, -0.25) is 14.9 Å². The molecule has 0 aliphatic carbocycles. The van der Waals surface area contributed by atoms with Gasteiger partial charge >= 0.3 is 0 Å². The normalized spacial score (nSPS) is 10.8. The number of nitrogens with zero attached hydrogens (tertiary/aromatic N) is 3.